The number of aromatic amines is 1. The molecule has 0 unspecified atom stereocenters. The third-order valence-electron chi connectivity index (χ3n) is 4.59. The van der Waals surface area contributed by atoms with Gasteiger partial charge in [0.05, 0.1) is 18.2 Å². The third-order valence-corrected chi connectivity index (χ3v) is 4.59. The van der Waals surface area contributed by atoms with Crippen LogP contribution in [-0.4, -0.2) is 45.5 Å². The number of furan rings is 1. The van der Waals surface area contributed by atoms with Crippen LogP contribution >= 0.6 is 0 Å². The van der Waals surface area contributed by atoms with Crippen LogP contribution < -0.4 is 0 Å². The Kier molecular flexibility index (Phi) is 3.46. The molecule has 0 spiro atoms. The quantitative estimate of drug-likeness (QED) is 0.938. The second kappa shape index (κ2) is 5.61. The zero-order chi connectivity index (χ0) is 14.9. The van der Waals surface area contributed by atoms with Gasteiger partial charge in [-0.15, -0.1) is 0 Å². The molecule has 1 fully saturated rings. The molecule has 2 aliphatic rings. The maximum absolute atomic E-state index is 12.5. The van der Waals surface area contributed by atoms with Crippen LogP contribution in [0.1, 0.15) is 40.2 Å². The Morgan fingerprint density at radius 2 is 2.18 bits per heavy atom. The molecular formula is C16H20N4O2. The molecule has 0 saturated carbocycles. The number of carbonyl (C=O) groups excluding carboxylic acids is 1. The second-order valence-electron chi connectivity index (χ2n) is 6.12. The van der Waals surface area contributed by atoms with Crippen LogP contribution in [0.15, 0.2) is 23.0 Å². The molecule has 116 valence electrons. The Morgan fingerprint density at radius 1 is 1.32 bits per heavy atom. The Hall–Kier alpha value is -2.08. The minimum atomic E-state index is 0.0956. The van der Waals surface area contributed by atoms with E-state index in [0.717, 1.165) is 63.2 Å². The molecule has 1 N–H and O–H groups in total. The van der Waals surface area contributed by atoms with Gasteiger partial charge in [-0.1, -0.05) is 0 Å². The van der Waals surface area contributed by atoms with Crippen LogP contribution in [0.3, 0.4) is 0 Å². The first-order valence-electron chi connectivity index (χ1n) is 7.90. The molecule has 0 aromatic carbocycles. The lowest BCUT2D eigenvalue weighted by molar-refractivity contribution is 0.0785. The van der Waals surface area contributed by atoms with Gasteiger partial charge in [0.2, 0.25) is 0 Å². The summed E-state index contributed by atoms with van der Waals surface area (Å²) in [5.74, 6) is 0.0956. The van der Waals surface area contributed by atoms with Crippen LogP contribution in [0, 0.1) is 0 Å². The monoisotopic (exact) mass is 300 g/mol. The van der Waals surface area contributed by atoms with E-state index in [2.05, 4.69) is 15.1 Å². The number of H-pyrrole nitrogens is 1. The number of fused-ring (bicyclic) bond motifs is 1. The molecule has 6 heteroatoms. The van der Waals surface area contributed by atoms with Gasteiger partial charge in [-0.05, 0) is 25.3 Å². The topological polar surface area (TPSA) is 65.4 Å². The fraction of sp³-hybridized carbons (Fsp3) is 0.500. The number of hydrogen-bond acceptors (Lipinski definition) is 4. The first kappa shape index (κ1) is 13.6. The van der Waals surface area contributed by atoms with Crippen LogP contribution in [0.5, 0.6) is 0 Å². The summed E-state index contributed by atoms with van der Waals surface area (Å²) < 4.78 is 5.12. The van der Waals surface area contributed by atoms with E-state index in [1.165, 1.54) is 5.56 Å². The zero-order valence-corrected chi connectivity index (χ0v) is 12.5. The van der Waals surface area contributed by atoms with Gasteiger partial charge >= 0.3 is 0 Å². The number of amides is 1. The molecular weight excluding hydrogens is 280 g/mol. The lowest BCUT2D eigenvalue weighted by Crippen LogP contribution is -2.32. The maximum Gasteiger partial charge on any atom is 0.274 e. The van der Waals surface area contributed by atoms with E-state index in [1.54, 1.807) is 12.5 Å². The van der Waals surface area contributed by atoms with Gasteiger partial charge in [0.25, 0.3) is 5.91 Å². The molecule has 1 saturated heterocycles. The zero-order valence-electron chi connectivity index (χ0n) is 12.5. The smallest absolute Gasteiger partial charge is 0.274 e. The van der Waals surface area contributed by atoms with E-state index in [1.807, 2.05) is 11.0 Å². The van der Waals surface area contributed by atoms with Crippen LogP contribution in [0.25, 0.3) is 0 Å². The Labute approximate surface area is 129 Å². The van der Waals surface area contributed by atoms with Gasteiger partial charge in [0.1, 0.15) is 0 Å². The SMILES string of the molecule is O=C(c1n[nH]c2c1CCN(Cc1ccoc1)C2)N1CCCC1. The molecule has 2 aromatic rings. The molecule has 0 bridgehead atoms. The molecule has 0 aliphatic carbocycles. The van der Waals surface area contributed by atoms with E-state index < -0.39 is 0 Å². The minimum absolute atomic E-state index is 0.0956. The maximum atomic E-state index is 12.5. The van der Waals surface area contributed by atoms with Gasteiger partial charge in [-0.2, -0.15) is 5.10 Å². The van der Waals surface area contributed by atoms with Crippen molar-refractivity contribution in [1.82, 2.24) is 20.0 Å². The fourth-order valence-corrected chi connectivity index (χ4v) is 3.40. The molecule has 0 atom stereocenters. The highest BCUT2D eigenvalue weighted by Crippen LogP contribution is 2.23. The first-order valence-corrected chi connectivity index (χ1v) is 7.90. The molecule has 1 amide bonds. The minimum Gasteiger partial charge on any atom is -0.472 e. The summed E-state index contributed by atoms with van der Waals surface area (Å²) in [6.07, 6.45) is 6.57. The summed E-state index contributed by atoms with van der Waals surface area (Å²) in [4.78, 5) is 16.8. The number of hydrogen-bond donors (Lipinski definition) is 1. The fourth-order valence-electron chi connectivity index (χ4n) is 3.40. The first-order chi connectivity index (χ1) is 10.8. The molecule has 4 heterocycles. The van der Waals surface area contributed by atoms with E-state index in [4.69, 9.17) is 4.42 Å². The van der Waals surface area contributed by atoms with Crippen LogP contribution in [-0.2, 0) is 19.5 Å². The molecule has 4 rings (SSSR count). The van der Waals surface area contributed by atoms with Crippen LogP contribution in [0.2, 0.25) is 0 Å². The lowest BCUT2D eigenvalue weighted by Gasteiger charge is -2.26. The number of rotatable bonds is 3. The summed E-state index contributed by atoms with van der Waals surface area (Å²) in [5, 5.41) is 7.39. The van der Waals surface area contributed by atoms with Gasteiger partial charge in [-0.3, -0.25) is 14.8 Å². The number of aromatic nitrogens is 2. The molecule has 22 heavy (non-hydrogen) atoms. The summed E-state index contributed by atoms with van der Waals surface area (Å²) in [6, 6.07) is 1.99. The standard InChI is InChI=1S/C16H20N4O2/c21-16(20-5-1-2-6-20)15-13-3-7-19(10-14(13)17-18-15)9-12-4-8-22-11-12/h4,8,11H,1-3,5-7,9-10H2,(H,17,18). The van der Waals surface area contributed by atoms with E-state index in [0.29, 0.717) is 5.69 Å². The van der Waals surface area contributed by atoms with Crippen molar-refractivity contribution < 1.29 is 9.21 Å². The highest BCUT2D eigenvalue weighted by molar-refractivity contribution is 5.94. The summed E-state index contributed by atoms with van der Waals surface area (Å²) in [6.45, 7) is 4.35. The van der Waals surface area contributed by atoms with Crippen molar-refractivity contribution in [3.8, 4) is 0 Å². The van der Waals surface area contributed by atoms with Crippen molar-refractivity contribution in [3.63, 3.8) is 0 Å². The predicted octanol–water partition coefficient (Wildman–Crippen LogP) is 1.80. The molecule has 2 aliphatic heterocycles. The Balaban J connectivity index is 1.48. The van der Waals surface area contributed by atoms with Crippen molar-refractivity contribution in [2.75, 3.05) is 19.6 Å². The third kappa shape index (κ3) is 2.43. The summed E-state index contributed by atoms with van der Waals surface area (Å²) in [7, 11) is 0. The normalized spacial score (nSPS) is 18.6. The van der Waals surface area contributed by atoms with Crippen molar-refractivity contribution in [2.45, 2.75) is 32.4 Å². The molecule has 2 aromatic heterocycles. The molecule has 6 nitrogen and oxygen atoms in total. The average molecular weight is 300 g/mol. The predicted molar refractivity (Wildman–Crippen MR) is 80.3 cm³/mol. The largest absolute Gasteiger partial charge is 0.472 e. The average Bonchev–Trinajstić information content (AvgIpc) is 3.28. The highest BCUT2D eigenvalue weighted by Gasteiger charge is 2.28. The van der Waals surface area contributed by atoms with E-state index in [-0.39, 0.29) is 5.91 Å². The van der Waals surface area contributed by atoms with Gasteiger partial charge < -0.3 is 9.32 Å². The number of likely N-dealkylation sites (tertiary alicyclic amines) is 1. The Bertz CT molecular complexity index is 656. The Morgan fingerprint density at radius 3 is 2.95 bits per heavy atom. The molecule has 0 radical (unpaired) electrons. The van der Waals surface area contributed by atoms with E-state index >= 15 is 0 Å². The van der Waals surface area contributed by atoms with Crippen molar-refractivity contribution >= 4 is 5.91 Å². The van der Waals surface area contributed by atoms with Crippen LogP contribution in [0.4, 0.5) is 0 Å². The van der Waals surface area contributed by atoms with Crippen molar-refractivity contribution in [2.24, 2.45) is 0 Å². The van der Waals surface area contributed by atoms with Crippen molar-refractivity contribution in [1.29, 1.82) is 0 Å². The lowest BCUT2D eigenvalue weighted by atomic mass is 10.0. The second-order valence-corrected chi connectivity index (χ2v) is 6.12. The van der Waals surface area contributed by atoms with Gasteiger partial charge in [0, 0.05) is 43.9 Å². The van der Waals surface area contributed by atoms with E-state index in [9.17, 15) is 4.79 Å². The van der Waals surface area contributed by atoms with Crippen molar-refractivity contribution in [3.05, 3.63) is 41.1 Å². The number of nitrogens with zero attached hydrogens (tertiary/aromatic N) is 3. The summed E-state index contributed by atoms with van der Waals surface area (Å²) >= 11 is 0. The number of nitrogens with one attached hydrogen (secondary N) is 1. The summed E-state index contributed by atoms with van der Waals surface area (Å²) in [5.41, 5.74) is 4.01. The van der Waals surface area contributed by atoms with Gasteiger partial charge in [0.15, 0.2) is 5.69 Å². The van der Waals surface area contributed by atoms with Gasteiger partial charge in [-0.25, -0.2) is 0 Å². The number of carbonyl (C=O) groups is 1. The highest BCUT2D eigenvalue weighted by atomic mass is 16.3.